The van der Waals surface area contributed by atoms with Gasteiger partial charge < -0.3 is 18.8 Å². The molecule has 0 bridgehead atoms. The molecule has 1 aromatic heterocycles. The van der Waals surface area contributed by atoms with E-state index in [9.17, 15) is 19.2 Å². The maximum Gasteiger partial charge on any atom is 0.356 e. The molecule has 0 aromatic carbocycles. The third-order valence-corrected chi connectivity index (χ3v) is 3.20. The van der Waals surface area contributed by atoms with E-state index >= 15 is 0 Å². The molecule has 1 heterocycles. The number of hydrogen-bond acceptors (Lipinski definition) is 6. The molecular formula is C13H14BrNO6. The van der Waals surface area contributed by atoms with Crippen molar-refractivity contribution < 1.29 is 23.9 Å². The van der Waals surface area contributed by atoms with Crippen molar-refractivity contribution in [1.29, 1.82) is 0 Å². The molecule has 1 rings (SSSR count). The fourth-order valence-electron chi connectivity index (χ4n) is 1.62. The zero-order valence-electron chi connectivity index (χ0n) is 11.6. The number of pyridine rings is 1. The van der Waals surface area contributed by atoms with Gasteiger partial charge in [-0.15, -0.1) is 0 Å². The number of rotatable bonds is 6. The first kappa shape index (κ1) is 17.1. The minimum absolute atomic E-state index is 0.100. The second kappa shape index (κ2) is 7.72. The Kier molecular flexibility index (Phi) is 6.29. The highest BCUT2D eigenvalue weighted by atomic mass is 79.9. The summed E-state index contributed by atoms with van der Waals surface area (Å²) in [5, 5.41) is 0. The van der Waals surface area contributed by atoms with Crippen LogP contribution in [0.1, 0.15) is 34.7 Å². The topological polar surface area (TPSA) is 91.7 Å². The van der Waals surface area contributed by atoms with Crippen molar-refractivity contribution in [3.8, 4) is 0 Å². The number of nitrogens with zero attached hydrogens (tertiary/aromatic N) is 1. The molecule has 0 aliphatic rings. The molecule has 8 heteroatoms. The van der Waals surface area contributed by atoms with Gasteiger partial charge in [-0.3, -0.25) is 4.79 Å². The van der Waals surface area contributed by atoms with Crippen LogP contribution in [0.5, 0.6) is 0 Å². The Morgan fingerprint density at radius 1 is 1.24 bits per heavy atom. The summed E-state index contributed by atoms with van der Waals surface area (Å²) in [7, 11) is 0. The van der Waals surface area contributed by atoms with Gasteiger partial charge in [0.1, 0.15) is 17.5 Å². The highest BCUT2D eigenvalue weighted by Gasteiger charge is 2.24. The Morgan fingerprint density at radius 2 is 1.81 bits per heavy atom. The van der Waals surface area contributed by atoms with Gasteiger partial charge in [0.2, 0.25) is 5.43 Å². The zero-order valence-corrected chi connectivity index (χ0v) is 13.1. The lowest BCUT2D eigenvalue weighted by Gasteiger charge is -2.13. The summed E-state index contributed by atoms with van der Waals surface area (Å²) in [6.45, 7) is 3.22. The van der Waals surface area contributed by atoms with Crippen molar-refractivity contribution in [2.45, 2.75) is 20.4 Å². The molecule has 21 heavy (non-hydrogen) atoms. The maximum atomic E-state index is 12.1. The number of hydrogen-bond donors (Lipinski definition) is 0. The second-order valence-electron chi connectivity index (χ2n) is 3.79. The van der Waals surface area contributed by atoms with Crippen LogP contribution in [0.4, 0.5) is 0 Å². The summed E-state index contributed by atoms with van der Waals surface area (Å²) in [5.41, 5.74) is -1.08. The van der Waals surface area contributed by atoms with Crippen LogP contribution in [0.15, 0.2) is 15.5 Å². The molecule has 0 unspecified atom stereocenters. The number of aldehydes is 1. The van der Waals surface area contributed by atoms with Gasteiger partial charge in [-0.2, -0.15) is 0 Å². The first-order chi connectivity index (χ1) is 9.97. The number of halogens is 1. The van der Waals surface area contributed by atoms with Crippen LogP contribution >= 0.6 is 15.9 Å². The average Bonchev–Trinajstić information content (AvgIpc) is 2.43. The molecule has 0 radical (unpaired) electrons. The number of aromatic nitrogens is 1. The Morgan fingerprint density at radius 3 is 2.33 bits per heavy atom. The number of esters is 2. The van der Waals surface area contributed by atoms with Crippen LogP contribution in [0, 0.1) is 0 Å². The van der Waals surface area contributed by atoms with Gasteiger partial charge >= 0.3 is 11.9 Å². The summed E-state index contributed by atoms with van der Waals surface area (Å²) < 4.78 is 10.6. The van der Waals surface area contributed by atoms with Gasteiger partial charge in [0.25, 0.3) is 0 Å². The van der Waals surface area contributed by atoms with Gasteiger partial charge in [-0.1, -0.05) is 0 Å². The Hall–Kier alpha value is -1.96. The van der Waals surface area contributed by atoms with Gasteiger partial charge in [-0.05, 0) is 29.8 Å². The highest BCUT2D eigenvalue weighted by molar-refractivity contribution is 9.10. The quantitative estimate of drug-likeness (QED) is 0.559. The van der Waals surface area contributed by atoms with Crippen LogP contribution in [0.3, 0.4) is 0 Å². The Labute approximate surface area is 129 Å². The fraction of sp³-hybridized carbons (Fsp3) is 0.385. The molecule has 0 saturated heterocycles. The van der Waals surface area contributed by atoms with E-state index in [-0.39, 0.29) is 35.5 Å². The zero-order chi connectivity index (χ0) is 16.0. The maximum absolute atomic E-state index is 12.1. The van der Waals surface area contributed by atoms with E-state index in [0.717, 1.165) is 6.20 Å². The first-order valence-electron chi connectivity index (χ1n) is 6.18. The monoisotopic (exact) mass is 359 g/mol. The van der Waals surface area contributed by atoms with Gasteiger partial charge in [-0.25, -0.2) is 9.59 Å². The molecule has 0 aliphatic carbocycles. The van der Waals surface area contributed by atoms with Crippen LogP contribution in [0.25, 0.3) is 0 Å². The minimum Gasteiger partial charge on any atom is -0.462 e. The summed E-state index contributed by atoms with van der Waals surface area (Å²) >= 11 is 2.98. The lowest BCUT2D eigenvalue weighted by Crippen LogP contribution is -2.27. The molecule has 0 saturated carbocycles. The van der Waals surface area contributed by atoms with Crippen LogP contribution in [0.2, 0.25) is 0 Å². The smallest absolute Gasteiger partial charge is 0.356 e. The van der Waals surface area contributed by atoms with E-state index in [1.165, 1.54) is 4.57 Å². The molecule has 0 atom stereocenters. The molecule has 0 N–H and O–H groups in total. The van der Waals surface area contributed by atoms with Crippen molar-refractivity contribution in [2.75, 3.05) is 13.2 Å². The van der Waals surface area contributed by atoms with E-state index in [0.29, 0.717) is 6.29 Å². The summed E-state index contributed by atoms with van der Waals surface area (Å²) in [6.07, 6.45) is 1.65. The fourth-order valence-corrected chi connectivity index (χ4v) is 2.22. The standard InChI is InChI=1S/C13H14BrNO6/c1-3-20-12(18)8-7-15(5-6-16)10(9(14)11(8)17)13(19)21-4-2/h6-7H,3-5H2,1-2H3. The normalized spacial score (nSPS) is 10.0. The van der Waals surface area contributed by atoms with Crippen molar-refractivity contribution in [3.05, 3.63) is 32.2 Å². The van der Waals surface area contributed by atoms with Crippen LogP contribution in [-0.2, 0) is 20.8 Å². The molecule has 1 aromatic rings. The van der Waals surface area contributed by atoms with Crippen molar-refractivity contribution >= 4 is 34.2 Å². The van der Waals surface area contributed by atoms with E-state index in [4.69, 9.17) is 9.47 Å². The third-order valence-electron chi connectivity index (χ3n) is 2.46. The molecule has 114 valence electrons. The Bertz CT molecular complexity index is 622. The van der Waals surface area contributed by atoms with Gasteiger partial charge in [0.15, 0.2) is 0 Å². The predicted molar refractivity (Wildman–Crippen MR) is 76.4 cm³/mol. The molecule has 0 spiro atoms. The molecule has 0 fully saturated rings. The van der Waals surface area contributed by atoms with Crippen LogP contribution in [-0.4, -0.2) is 36.0 Å². The van der Waals surface area contributed by atoms with E-state index < -0.39 is 17.4 Å². The predicted octanol–water partition coefficient (Wildman–Crippen LogP) is 1.16. The number of carbonyl (C=O) groups is 3. The highest BCUT2D eigenvalue weighted by Crippen LogP contribution is 2.16. The largest absolute Gasteiger partial charge is 0.462 e. The van der Waals surface area contributed by atoms with E-state index in [1.54, 1.807) is 13.8 Å². The van der Waals surface area contributed by atoms with Crippen molar-refractivity contribution in [1.82, 2.24) is 4.57 Å². The molecule has 0 amide bonds. The SMILES string of the molecule is CCOC(=O)c1cn(CC=O)c(C(=O)OCC)c(Br)c1=O. The van der Waals surface area contributed by atoms with E-state index in [2.05, 4.69) is 15.9 Å². The van der Waals surface area contributed by atoms with Crippen molar-refractivity contribution in [3.63, 3.8) is 0 Å². The summed E-state index contributed by atoms with van der Waals surface area (Å²) in [5.74, 6) is -1.59. The molecular weight excluding hydrogens is 346 g/mol. The number of ether oxygens (including phenoxy) is 2. The van der Waals surface area contributed by atoms with Crippen LogP contribution < -0.4 is 5.43 Å². The minimum atomic E-state index is -0.821. The summed E-state index contributed by atoms with van der Waals surface area (Å²) in [6, 6.07) is 0. The Balaban J connectivity index is 3.49. The third kappa shape index (κ3) is 3.78. The second-order valence-corrected chi connectivity index (χ2v) is 4.59. The van der Waals surface area contributed by atoms with Gasteiger partial charge in [0, 0.05) is 6.20 Å². The average molecular weight is 360 g/mol. The van der Waals surface area contributed by atoms with Crippen molar-refractivity contribution in [2.24, 2.45) is 0 Å². The first-order valence-corrected chi connectivity index (χ1v) is 6.97. The lowest BCUT2D eigenvalue weighted by atomic mass is 10.2. The lowest BCUT2D eigenvalue weighted by molar-refractivity contribution is -0.108. The number of carbonyl (C=O) groups excluding carboxylic acids is 3. The molecule has 7 nitrogen and oxygen atoms in total. The summed E-state index contributed by atoms with van der Waals surface area (Å²) in [4.78, 5) is 46.4. The van der Waals surface area contributed by atoms with Gasteiger partial charge in [0.05, 0.1) is 24.2 Å². The van der Waals surface area contributed by atoms with E-state index in [1.807, 2.05) is 0 Å². The molecule has 0 aliphatic heterocycles.